The molecule has 2 aromatic rings. The van der Waals surface area contributed by atoms with Gasteiger partial charge < -0.3 is 0 Å². The summed E-state index contributed by atoms with van der Waals surface area (Å²) in [6, 6.07) is 11.7. The Morgan fingerprint density at radius 2 is 1.79 bits per heavy atom. The van der Waals surface area contributed by atoms with Gasteiger partial charge in [-0.3, -0.25) is 0 Å². The van der Waals surface area contributed by atoms with Crippen molar-refractivity contribution in [3.05, 3.63) is 69.5 Å². The van der Waals surface area contributed by atoms with Crippen LogP contribution in [-0.4, -0.2) is 5.33 Å². The molecule has 0 atom stereocenters. The van der Waals surface area contributed by atoms with Gasteiger partial charge in [0.15, 0.2) is 0 Å². The molecule has 2 rings (SSSR count). The second-order valence-electron chi connectivity index (χ2n) is 3.98. The molecule has 0 nitrogen and oxygen atoms in total. The molecule has 2 aromatic carbocycles. The summed E-state index contributed by atoms with van der Waals surface area (Å²) >= 11 is 15.4. The molecular formula is C15H10BrCl2F. The number of halogens is 4. The molecular weight excluding hydrogens is 350 g/mol. The molecule has 0 heterocycles. The highest BCUT2D eigenvalue weighted by molar-refractivity contribution is 9.09. The average Bonchev–Trinajstić information content (AvgIpc) is 2.39. The van der Waals surface area contributed by atoms with Crippen LogP contribution < -0.4 is 0 Å². The van der Waals surface area contributed by atoms with Crippen LogP contribution in [0.2, 0.25) is 10.0 Å². The van der Waals surface area contributed by atoms with Crippen LogP contribution in [0.15, 0.2) is 42.5 Å². The molecule has 0 aromatic heterocycles. The predicted octanol–water partition coefficient (Wildman–Crippen LogP) is 6.07. The van der Waals surface area contributed by atoms with Crippen LogP contribution in [0.5, 0.6) is 0 Å². The maximum Gasteiger partial charge on any atom is 0.123 e. The topological polar surface area (TPSA) is 0 Å². The smallest absolute Gasteiger partial charge is 0.123 e. The first-order chi connectivity index (χ1) is 9.10. The Balaban J connectivity index is 2.40. The first-order valence-corrected chi connectivity index (χ1v) is 7.45. The van der Waals surface area contributed by atoms with Crippen molar-refractivity contribution in [1.29, 1.82) is 0 Å². The van der Waals surface area contributed by atoms with Gasteiger partial charge in [-0.05, 0) is 47.0 Å². The van der Waals surface area contributed by atoms with E-state index in [1.807, 2.05) is 12.1 Å². The van der Waals surface area contributed by atoms with Crippen molar-refractivity contribution in [2.75, 3.05) is 5.33 Å². The maximum atomic E-state index is 12.9. The Labute approximate surface area is 130 Å². The van der Waals surface area contributed by atoms with E-state index < -0.39 is 0 Å². The molecule has 0 N–H and O–H groups in total. The van der Waals surface area contributed by atoms with Crippen LogP contribution in [0, 0.1) is 5.82 Å². The van der Waals surface area contributed by atoms with Crippen LogP contribution in [0.4, 0.5) is 4.39 Å². The van der Waals surface area contributed by atoms with Crippen molar-refractivity contribution in [3.8, 4) is 0 Å². The molecule has 4 heteroatoms. The molecule has 0 aliphatic rings. The zero-order chi connectivity index (χ0) is 13.8. The lowest BCUT2D eigenvalue weighted by Gasteiger charge is -2.06. The van der Waals surface area contributed by atoms with Crippen LogP contribution in [0.1, 0.15) is 11.1 Å². The van der Waals surface area contributed by atoms with Crippen molar-refractivity contribution in [1.82, 2.24) is 0 Å². The summed E-state index contributed by atoms with van der Waals surface area (Å²) in [5.74, 6) is -0.248. The first kappa shape index (κ1) is 14.6. The fraction of sp³-hybridized carbons (Fsp3) is 0.0667. The summed E-state index contributed by atoms with van der Waals surface area (Å²) in [5, 5.41) is 1.84. The molecule has 98 valence electrons. The molecule has 0 amide bonds. The fourth-order valence-corrected chi connectivity index (χ4v) is 2.62. The van der Waals surface area contributed by atoms with E-state index in [9.17, 15) is 4.39 Å². The Bertz CT molecular complexity index is 606. The zero-order valence-corrected chi connectivity index (χ0v) is 12.9. The van der Waals surface area contributed by atoms with E-state index >= 15 is 0 Å². The van der Waals surface area contributed by atoms with Crippen molar-refractivity contribution in [3.63, 3.8) is 0 Å². The summed E-state index contributed by atoms with van der Waals surface area (Å²) in [6.45, 7) is 0. The van der Waals surface area contributed by atoms with E-state index in [1.165, 1.54) is 12.1 Å². The molecule has 0 aliphatic carbocycles. The number of alkyl halides is 1. The SMILES string of the molecule is Fc1ccc(/C(=C/c2ccc(Cl)cc2Cl)CBr)cc1. The molecule has 19 heavy (non-hydrogen) atoms. The molecule has 0 bridgehead atoms. The highest BCUT2D eigenvalue weighted by Gasteiger charge is 2.04. The monoisotopic (exact) mass is 358 g/mol. The highest BCUT2D eigenvalue weighted by Crippen LogP contribution is 2.26. The van der Waals surface area contributed by atoms with Gasteiger partial charge in [0, 0.05) is 15.4 Å². The summed E-state index contributed by atoms with van der Waals surface area (Å²) in [4.78, 5) is 0. The van der Waals surface area contributed by atoms with E-state index in [0.717, 1.165) is 16.7 Å². The molecule has 0 aliphatic heterocycles. The second-order valence-corrected chi connectivity index (χ2v) is 5.38. The standard InChI is InChI=1S/C15H10BrCl2F/c16-9-12(10-2-5-14(19)6-3-10)7-11-1-4-13(17)8-15(11)18/h1-8H,9H2/b12-7+. The first-order valence-electron chi connectivity index (χ1n) is 5.57. The third kappa shape index (κ3) is 3.82. The lowest BCUT2D eigenvalue weighted by molar-refractivity contribution is 0.627. The molecule has 0 saturated carbocycles. The predicted molar refractivity (Wildman–Crippen MR) is 84.5 cm³/mol. The maximum absolute atomic E-state index is 12.9. The number of allylic oxidation sites excluding steroid dienone is 1. The lowest BCUT2D eigenvalue weighted by Crippen LogP contribution is -1.87. The normalized spacial score (nSPS) is 11.7. The van der Waals surface area contributed by atoms with Gasteiger partial charge in [-0.15, -0.1) is 0 Å². The molecule has 0 unspecified atom stereocenters. The van der Waals surface area contributed by atoms with E-state index in [1.54, 1.807) is 24.3 Å². The van der Waals surface area contributed by atoms with Gasteiger partial charge in [-0.25, -0.2) is 4.39 Å². The molecule has 0 saturated heterocycles. The summed E-state index contributed by atoms with van der Waals surface area (Å²) in [5.41, 5.74) is 2.85. The van der Waals surface area contributed by atoms with Gasteiger partial charge in [-0.1, -0.05) is 57.3 Å². The van der Waals surface area contributed by atoms with E-state index in [2.05, 4.69) is 15.9 Å². The van der Waals surface area contributed by atoms with E-state index in [-0.39, 0.29) is 5.82 Å². The number of rotatable bonds is 3. The minimum absolute atomic E-state index is 0.248. The minimum Gasteiger partial charge on any atom is -0.207 e. The minimum atomic E-state index is -0.248. The van der Waals surface area contributed by atoms with Crippen LogP contribution in [0.25, 0.3) is 11.6 Å². The Kier molecular flexibility index (Phi) is 5.03. The van der Waals surface area contributed by atoms with Gasteiger partial charge in [0.1, 0.15) is 5.82 Å². The largest absolute Gasteiger partial charge is 0.207 e. The van der Waals surface area contributed by atoms with E-state index in [4.69, 9.17) is 23.2 Å². The lowest BCUT2D eigenvalue weighted by atomic mass is 10.0. The number of hydrogen-bond donors (Lipinski definition) is 0. The van der Waals surface area contributed by atoms with Crippen LogP contribution >= 0.6 is 39.1 Å². The number of benzene rings is 2. The quantitative estimate of drug-likeness (QED) is 0.461. The second kappa shape index (κ2) is 6.56. The van der Waals surface area contributed by atoms with Gasteiger partial charge in [0.05, 0.1) is 0 Å². The highest BCUT2D eigenvalue weighted by atomic mass is 79.9. The molecule has 0 radical (unpaired) electrons. The van der Waals surface area contributed by atoms with Gasteiger partial charge in [0.25, 0.3) is 0 Å². The summed E-state index contributed by atoms with van der Waals surface area (Å²) < 4.78 is 12.9. The van der Waals surface area contributed by atoms with E-state index in [0.29, 0.717) is 15.4 Å². The van der Waals surface area contributed by atoms with Crippen LogP contribution in [0.3, 0.4) is 0 Å². The van der Waals surface area contributed by atoms with Crippen molar-refractivity contribution in [2.24, 2.45) is 0 Å². The van der Waals surface area contributed by atoms with Crippen molar-refractivity contribution >= 4 is 50.8 Å². The summed E-state index contributed by atoms with van der Waals surface area (Å²) in [7, 11) is 0. The van der Waals surface area contributed by atoms with Gasteiger partial charge in [-0.2, -0.15) is 0 Å². The molecule has 0 spiro atoms. The van der Waals surface area contributed by atoms with Crippen molar-refractivity contribution in [2.45, 2.75) is 0 Å². The van der Waals surface area contributed by atoms with Crippen molar-refractivity contribution < 1.29 is 4.39 Å². The zero-order valence-electron chi connectivity index (χ0n) is 9.84. The molecule has 0 fully saturated rings. The fourth-order valence-electron chi connectivity index (χ4n) is 1.67. The third-order valence-electron chi connectivity index (χ3n) is 2.65. The third-order valence-corrected chi connectivity index (χ3v) is 3.82. The van der Waals surface area contributed by atoms with Gasteiger partial charge in [0.2, 0.25) is 0 Å². The summed E-state index contributed by atoms with van der Waals surface area (Å²) in [6.07, 6.45) is 1.96. The Morgan fingerprint density at radius 3 is 2.37 bits per heavy atom. The number of hydrogen-bond acceptors (Lipinski definition) is 0. The Hall–Kier alpha value is -0.830. The average molecular weight is 360 g/mol. The van der Waals surface area contributed by atoms with Gasteiger partial charge >= 0.3 is 0 Å². The van der Waals surface area contributed by atoms with Crippen LogP contribution in [-0.2, 0) is 0 Å². The Morgan fingerprint density at radius 1 is 1.11 bits per heavy atom.